The van der Waals surface area contributed by atoms with Gasteiger partial charge < -0.3 is 15.0 Å². The number of anilines is 1. The van der Waals surface area contributed by atoms with Crippen LogP contribution in [0, 0.1) is 5.92 Å². The monoisotopic (exact) mass is 580 g/mol. The highest BCUT2D eigenvalue weighted by Crippen LogP contribution is 2.36. The third-order valence-corrected chi connectivity index (χ3v) is 9.53. The highest BCUT2D eigenvalue weighted by Gasteiger charge is 2.37. The number of ether oxygens (including phenoxy) is 1. The van der Waals surface area contributed by atoms with Gasteiger partial charge in [-0.15, -0.1) is 13.2 Å². The van der Waals surface area contributed by atoms with E-state index in [9.17, 15) is 26.1 Å². The van der Waals surface area contributed by atoms with Crippen molar-refractivity contribution >= 4 is 27.8 Å². The predicted octanol–water partition coefficient (Wildman–Crippen LogP) is 6.22. The number of hydrogen-bond acceptors (Lipinski definition) is 6. The summed E-state index contributed by atoms with van der Waals surface area (Å²) in [6.45, 7) is 0. The van der Waals surface area contributed by atoms with Gasteiger partial charge in [-0.1, -0.05) is 48.9 Å². The number of aryl methyl sites for hydroxylation is 2. The van der Waals surface area contributed by atoms with Crippen LogP contribution in [0.3, 0.4) is 0 Å². The molecule has 0 spiro atoms. The number of nitrogen functional groups attached to an aromatic ring is 1. The zero-order valence-electron chi connectivity index (χ0n) is 21.1. The van der Waals surface area contributed by atoms with Crippen LogP contribution in [0.1, 0.15) is 36.0 Å². The SMILES string of the molecule is Nc1ccccc1CCc1ccccc1C[C@H]1CCC[C@@H](NS(=O)(=O)c2ccc(OC(F)(F)F)cc2)[C@@H]1SO. The van der Waals surface area contributed by atoms with Gasteiger partial charge in [-0.2, -0.15) is 0 Å². The fourth-order valence-corrected chi connectivity index (χ4v) is 7.30. The van der Waals surface area contributed by atoms with Crippen molar-refractivity contribution in [2.75, 3.05) is 5.73 Å². The zero-order valence-corrected chi connectivity index (χ0v) is 22.7. The van der Waals surface area contributed by atoms with Crippen LogP contribution < -0.4 is 15.2 Å². The highest BCUT2D eigenvalue weighted by atomic mass is 32.2. The Morgan fingerprint density at radius 1 is 0.923 bits per heavy atom. The number of sulfonamides is 1. The van der Waals surface area contributed by atoms with E-state index in [-0.39, 0.29) is 16.1 Å². The van der Waals surface area contributed by atoms with Gasteiger partial charge >= 0.3 is 6.36 Å². The minimum atomic E-state index is -4.87. The van der Waals surface area contributed by atoms with E-state index in [1.807, 2.05) is 36.4 Å². The van der Waals surface area contributed by atoms with Crippen LogP contribution in [0.15, 0.2) is 77.7 Å². The Morgan fingerprint density at radius 3 is 2.18 bits per heavy atom. The van der Waals surface area contributed by atoms with Crippen LogP contribution >= 0.6 is 12.0 Å². The molecule has 11 heteroatoms. The van der Waals surface area contributed by atoms with Crippen LogP contribution in [-0.4, -0.2) is 30.6 Å². The molecular formula is C28H31F3N2O4S2. The minimum absolute atomic E-state index is 0.0203. The van der Waals surface area contributed by atoms with Crippen LogP contribution in [0.25, 0.3) is 0 Å². The molecule has 1 aliphatic carbocycles. The van der Waals surface area contributed by atoms with Crippen molar-refractivity contribution in [3.63, 3.8) is 0 Å². The van der Waals surface area contributed by atoms with E-state index in [1.165, 1.54) is 5.56 Å². The third kappa shape index (κ3) is 7.91. The number of halogens is 3. The Labute approximate surface area is 231 Å². The van der Waals surface area contributed by atoms with E-state index in [4.69, 9.17) is 5.73 Å². The van der Waals surface area contributed by atoms with E-state index in [0.717, 1.165) is 66.8 Å². The van der Waals surface area contributed by atoms with Crippen LogP contribution in [0.2, 0.25) is 0 Å². The van der Waals surface area contributed by atoms with Gasteiger partial charge in [-0.3, -0.25) is 0 Å². The van der Waals surface area contributed by atoms with E-state index in [1.54, 1.807) is 0 Å². The second kappa shape index (κ2) is 12.6. The molecule has 0 amide bonds. The molecule has 0 aromatic heterocycles. The summed E-state index contributed by atoms with van der Waals surface area (Å²) in [6, 6.07) is 19.4. The van der Waals surface area contributed by atoms with Crippen LogP contribution in [0.5, 0.6) is 5.75 Å². The van der Waals surface area contributed by atoms with E-state index in [2.05, 4.69) is 21.6 Å². The number of rotatable bonds is 10. The van der Waals surface area contributed by atoms with Crippen LogP contribution in [-0.2, 0) is 29.3 Å². The topological polar surface area (TPSA) is 102 Å². The first-order chi connectivity index (χ1) is 18.6. The van der Waals surface area contributed by atoms with Gasteiger partial charge in [0.1, 0.15) is 5.75 Å². The Balaban J connectivity index is 1.45. The van der Waals surface area contributed by atoms with Crippen molar-refractivity contribution < 1.29 is 30.9 Å². The lowest BCUT2D eigenvalue weighted by Crippen LogP contribution is -2.47. The maximum atomic E-state index is 13.0. The van der Waals surface area contributed by atoms with Gasteiger partial charge in [0.05, 0.1) is 10.1 Å². The van der Waals surface area contributed by atoms with Gasteiger partial charge in [0.2, 0.25) is 10.0 Å². The molecule has 0 saturated heterocycles. The third-order valence-electron chi connectivity index (χ3n) is 7.07. The average Bonchev–Trinajstić information content (AvgIpc) is 2.88. The zero-order chi connectivity index (χ0) is 28.0. The molecule has 3 aromatic rings. The summed E-state index contributed by atoms with van der Waals surface area (Å²) in [5.41, 5.74) is 10.3. The van der Waals surface area contributed by atoms with Crippen molar-refractivity contribution in [1.29, 1.82) is 0 Å². The van der Waals surface area contributed by atoms with Crippen molar-refractivity contribution in [3.8, 4) is 5.75 Å². The van der Waals surface area contributed by atoms with E-state index < -0.39 is 28.2 Å². The summed E-state index contributed by atoms with van der Waals surface area (Å²) in [5.74, 6) is -0.483. The largest absolute Gasteiger partial charge is 0.573 e. The smallest absolute Gasteiger partial charge is 0.406 e. The first-order valence-corrected chi connectivity index (χ1v) is 15.0. The second-order valence-electron chi connectivity index (χ2n) is 9.68. The maximum Gasteiger partial charge on any atom is 0.573 e. The molecule has 4 N–H and O–H groups in total. The first-order valence-electron chi connectivity index (χ1n) is 12.6. The molecule has 210 valence electrons. The number of benzene rings is 3. The maximum absolute atomic E-state index is 13.0. The molecule has 3 atom stereocenters. The van der Waals surface area contributed by atoms with Gasteiger partial charge in [-0.25, -0.2) is 13.1 Å². The van der Waals surface area contributed by atoms with Crippen molar-refractivity contribution in [2.45, 2.75) is 61.1 Å². The number of nitrogens with two attached hydrogens (primary N) is 1. The Bertz CT molecular complexity index is 1350. The summed E-state index contributed by atoms with van der Waals surface area (Å²) in [4.78, 5) is -0.175. The minimum Gasteiger partial charge on any atom is -0.406 e. The molecule has 1 aliphatic rings. The average molecular weight is 581 g/mol. The molecule has 4 rings (SSSR count). The molecule has 0 unspecified atom stereocenters. The lowest BCUT2D eigenvalue weighted by molar-refractivity contribution is -0.274. The normalized spacial score (nSPS) is 20.1. The summed E-state index contributed by atoms with van der Waals surface area (Å²) in [6.07, 6.45) is -0.441. The summed E-state index contributed by atoms with van der Waals surface area (Å²) in [5, 5.41) is -0.390. The lowest BCUT2D eigenvalue weighted by Gasteiger charge is -2.37. The molecule has 0 radical (unpaired) electrons. The molecular weight excluding hydrogens is 549 g/mol. The molecule has 0 bridgehead atoms. The summed E-state index contributed by atoms with van der Waals surface area (Å²) in [7, 11) is -4.03. The molecule has 3 aromatic carbocycles. The Morgan fingerprint density at radius 2 is 1.54 bits per heavy atom. The fourth-order valence-electron chi connectivity index (χ4n) is 5.16. The predicted molar refractivity (Wildman–Crippen MR) is 147 cm³/mol. The highest BCUT2D eigenvalue weighted by molar-refractivity contribution is 7.94. The summed E-state index contributed by atoms with van der Waals surface area (Å²) < 4.78 is 80.1. The standard InChI is InChI=1S/C28H31F3N2O4S2/c29-28(30,31)37-23-14-16-24(17-15-23)39(35,36)33-26-11-5-9-22(27(26)38-34)18-21-8-2-1-6-19(21)12-13-20-7-3-4-10-25(20)32/h1-4,6-8,10,14-17,22,26-27,33-34H,5,9,11-13,18,32H2/t22-,26-,27-/m1/s1. The number of para-hydroxylation sites is 1. The number of nitrogens with one attached hydrogen (secondary N) is 1. The van der Waals surface area contributed by atoms with E-state index >= 15 is 0 Å². The quantitative estimate of drug-likeness (QED) is 0.195. The van der Waals surface area contributed by atoms with E-state index in [0.29, 0.717) is 24.9 Å². The molecule has 1 fully saturated rings. The van der Waals surface area contributed by atoms with Crippen molar-refractivity contribution in [3.05, 3.63) is 89.5 Å². The first kappa shape index (κ1) is 29.3. The molecule has 6 nitrogen and oxygen atoms in total. The number of hydrogen-bond donors (Lipinski definition) is 3. The van der Waals surface area contributed by atoms with Gasteiger partial charge in [0.15, 0.2) is 0 Å². The Kier molecular flexibility index (Phi) is 9.47. The van der Waals surface area contributed by atoms with Gasteiger partial charge in [0.25, 0.3) is 0 Å². The van der Waals surface area contributed by atoms with Gasteiger partial charge in [0, 0.05) is 11.7 Å². The Hall–Kier alpha value is -2.73. The van der Waals surface area contributed by atoms with Crippen LogP contribution in [0.4, 0.5) is 18.9 Å². The van der Waals surface area contributed by atoms with Crippen molar-refractivity contribution in [2.24, 2.45) is 5.92 Å². The second-order valence-corrected chi connectivity index (χ2v) is 12.1. The molecule has 1 saturated carbocycles. The summed E-state index contributed by atoms with van der Waals surface area (Å²) >= 11 is 0.655. The fraction of sp³-hybridized carbons (Fsp3) is 0.357. The lowest BCUT2D eigenvalue weighted by atomic mass is 9.80. The van der Waals surface area contributed by atoms with Crippen molar-refractivity contribution in [1.82, 2.24) is 4.72 Å². The molecule has 39 heavy (non-hydrogen) atoms. The molecule has 0 aliphatic heterocycles. The molecule has 0 heterocycles. The number of alkyl halides is 3. The van der Waals surface area contributed by atoms with Gasteiger partial charge in [-0.05, 0) is 97.1 Å².